The van der Waals surface area contributed by atoms with Crippen LogP contribution in [0.5, 0.6) is 0 Å². The van der Waals surface area contributed by atoms with Gasteiger partial charge in [-0.3, -0.25) is 0 Å². The summed E-state index contributed by atoms with van der Waals surface area (Å²) >= 11 is 0. The molecule has 1 heterocycles. The number of para-hydroxylation sites is 1. The summed E-state index contributed by atoms with van der Waals surface area (Å²) in [5.41, 5.74) is 4.83. The van der Waals surface area contributed by atoms with Gasteiger partial charge in [-0.25, -0.2) is 4.98 Å². The van der Waals surface area contributed by atoms with Gasteiger partial charge in [0.05, 0.1) is 0 Å². The Hall–Kier alpha value is -2.09. The summed E-state index contributed by atoms with van der Waals surface area (Å²) < 4.78 is 2.16. The number of imidazole rings is 1. The number of nitrogens with one attached hydrogen (secondary N) is 1. The molecule has 0 atom stereocenters. The van der Waals surface area contributed by atoms with Crippen LogP contribution in [-0.4, -0.2) is 4.98 Å². The van der Waals surface area contributed by atoms with E-state index in [1.807, 2.05) is 12.4 Å². The highest BCUT2D eigenvalue weighted by Gasteiger charge is 2.10. The molecule has 1 aromatic heterocycles. The monoisotopic (exact) mass is 209 g/mol. The van der Waals surface area contributed by atoms with Crippen LogP contribution in [0.2, 0.25) is 0 Å². The molecule has 3 aromatic rings. The molecule has 0 saturated carbocycles. The molecule has 2 aromatic carbocycles. The number of hydrogen-bond donors (Lipinski definition) is 1. The molecule has 0 bridgehead atoms. The summed E-state index contributed by atoms with van der Waals surface area (Å²) in [6, 6.07) is 16.8. The van der Waals surface area contributed by atoms with E-state index in [1.165, 1.54) is 22.3 Å². The lowest BCUT2D eigenvalue weighted by atomic mass is 10.2. The summed E-state index contributed by atoms with van der Waals surface area (Å²) in [6.07, 6.45) is 2.00. The van der Waals surface area contributed by atoms with Crippen molar-refractivity contribution in [3.8, 4) is 5.69 Å². The zero-order valence-corrected chi connectivity index (χ0v) is 9.14. The van der Waals surface area contributed by atoms with Gasteiger partial charge in [0.1, 0.15) is 5.69 Å². The van der Waals surface area contributed by atoms with Crippen LogP contribution < -0.4 is 4.57 Å². The molecule has 78 valence electrons. The number of benzene rings is 2. The minimum absolute atomic E-state index is 1.17. The summed E-state index contributed by atoms with van der Waals surface area (Å²) in [7, 11) is 0. The van der Waals surface area contributed by atoms with Crippen LogP contribution in [0.15, 0.2) is 54.9 Å². The third-order valence-electron chi connectivity index (χ3n) is 2.80. The molecular weight excluding hydrogens is 196 g/mol. The van der Waals surface area contributed by atoms with Gasteiger partial charge in [0.25, 0.3) is 0 Å². The van der Waals surface area contributed by atoms with Gasteiger partial charge in [-0.15, -0.1) is 0 Å². The van der Waals surface area contributed by atoms with E-state index < -0.39 is 0 Å². The molecule has 0 spiro atoms. The maximum Gasteiger partial charge on any atom is 0.247 e. The van der Waals surface area contributed by atoms with Crippen LogP contribution in [-0.2, 0) is 0 Å². The van der Waals surface area contributed by atoms with Gasteiger partial charge >= 0.3 is 0 Å². The Bertz CT molecular complexity index is 624. The van der Waals surface area contributed by atoms with Gasteiger partial charge in [0.2, 0.25) is 6.33 Å². The standard InChI is InChI=1S/C14H12N2/c1-11-7-8-14-13(9-11)15-10-16(14)12-5-3-2-4-6-12/h2-10H,1H3/p+1. The Morgan fingerprint density at radius 2 is 1.81 bits per heavy atom. The molecule has 0 aliphatic heterocycles. The van der Waals surface area contributed by atoms with Crippen LogP contribution >= 0.6 is 0 Å². The molecule has 16 heavy (non-hydrogen) atoms. The van der Waals surface area contributed by atoms with E-state index in [4.69, 9.17) is 0 Å². The number of nitrogens with zero attached hydrogens (tertiary/aromatic N) is 1. The van der Waals surface area contributed by atoms with Gasteiger partial charge in [0, 0.05) is 0 Å². The highest BCUT2D eigenvalue weighted by molar-refractivity contribution is 5.72. The number of fused-ring (bicyclic) bond motifs is 1. The third kappa shape index (κ3) is 1.39. The fourth-order valence-electron chi connectivity index (χ4n) is 1.98. The second kappa shape index (κ2) is 3.49. The van der Waals surface area contributed by atoms with Crippen molar-refractivity contribution in [1.29, 1.82) is 0 Å². The summed E-state index contributed by atoms with van der Waals surface area (Å²) in [6.45, 7) is 2.10. The quantitative estimate of drug-likeness (QED) is 0.595. The average Bonchev–Trinajstić information content (AvgIpc) is 2.73. The van der Waals surface area contributed by atoms with Crippen LogP contribution in [0.4, 0.5) is 0 Å². The van der Waals surface area contributed by atoms with Crippen LogP contribution in [0.3, 0.4) is 0 Å². The smallest absolute Gasteiger partial charge is 0.243 e. The highest BCUT2D eigenvalue weighted by atomic mass is 15.0. The molecule has 0 radical (unpaired) electrons. The van der Waals surface area contributed by atoms with E-state index in [9.17, 15) is 0 Å². The first kappa shape index (κ1) is 9.16. The van der Waals surface area contributed by atoms with Crippen LogP contribution in [0, 0.1) is 6.92 Å². The Morgan fingerprint density at radius 3 is 2.62 bits per heavy atom. The van der Waals surface area contributed by atoms with Gasteiger partial charge in [-0.1, -0.05) is 24.3 Å². The van der Waals surface area contributed by atoms with Crippen molar-refractivity contribution in [1.82, 2.24) is 4.98 Å². The molecule has 0 aliphatic carbocycles. The number of aromatic amines is 1. The minimum atomic E-state index is 1.17. The highest BCUT2D eigenvalue weighted by Crippen LogP contribution is 2.11. The lowest BCUT2D eigenvalue weighted by Crippen LogP contribution is -2.28. The first-order valence-corrected chi connectivity index (χ1v) is 5.39. The minimum Gasteiger partial charge on any atom is -0.243 e. The summed E-state index contributed by atoms with van der Waals surface area (Å²) in [5.74, 6) is 0. The Morgan fingerprint density at radius 1 is 1.00 bits per heavy atom. The Kier molecular flexibility index (Phi) is 2.00. The zero-order valence-electron chi connectivity index (χ0n) is 9.14. The normalized spacial score (nSPS) is 10.8. The Labute approximate surface area is 94.2 Å². The molecule has 1 N–H and O–H groups in total. The predicted molar refractivity (Wildman–Crippen MR) is 64.6 cm³/mol. The van der Waals surface area contributed by atoms with E-state index >= 15 is 0 Å². The largest absolute Gasteiger partial charge is 0.247 e. The second-order valence-corrected chi connectivity index (χ2v) is 4.00. The molecule has 2 nitrogen and oxygen atoms in total. The molecule has 0 saturated heterocycles. The van der Waals surface area contributed by atoms with Crippen LogP contribution in [0.25, 0.3) is 16.7 Å². The molecule has 0 aliphatic rings. The van der Waals surface area contributed by atoms with Gasteiger partial charge in [0.15, 0.2) is 11.0 Å². The van der Waals surface area contributed by atoms with Crippen molar-refractivity contribution >= 4 is 11.0 Å². The van der Waals surface area contributed by atoms with Crippen molar-refractivity contribution in [2.24, 2.45) is 0 Å². The maximum atomic E-state index is 3.29. The van der Waals surface area contributed by atoms with E-state index in [-0.39, 0.29) is 0 Å². The first-order valence-electron chi connectivity index (χ1n) is 5.39. The van der Waals surface area contributed by atoms with Gasteiger partial charge in [-0.2, -0.15) is 4.57 Å². The molecule has 2 heteroatoms. The van der Waals surface area contributed by atoms with Gasteiger partial charge < -0.3 is 0 Å². The molecule has 3 rings (SSSR count). The topological polar surface area (TPSA) is 19.7 Å². The average molecular weight is 209 g/mol. The fourth-order valence-corrected chi connectivity index (χ4v) is 1.98. The van der Waals surface area contributed by atoms with Crippen LogP contribution in [0.1, 0.15) is 5.56 Å². The van der Waals surface area contributed by atoms with Crippen molar-refractivity contribution < 1.29 is 4.57 Å². The molecule has 0 unspecified atom stereocenters. The first-order chi connectivity index (χ1) is 7.84. The van der Waals surface area contributed by atoms with E-state index in [0.29, 0.717) is 0 Å². The van der Waals surface area contributed by atoms with Crippen molar-refractivity contribution in [3.63, 3.8) is 0 Å². The maximum absolute atomic E-state index is 3.29. The number of hydrogen-bond acceptors (Lipinski definition) is 0. The Balaban J connectivity index is 2.26. The lowest BCUT2D eigenvalue weighted by Gasteiger charge is -1.96. The lowest BCUT2D eigenvalue weighted by molar-refractivity contribution is -0.567. The fraction of sp³-hybridized carbons (Fsp3) is 0.0714. The molecule has 0 fully saturated rings. The third-order valence-corrected chi connectivity index (χ3v) is 2.80. The number of aryl methyl sites for hydroxylation is 1. The zero-order chi connectivity index (χ0) is 11.0. The van der Waals surface area contributed by atoms with Crippen molar-refractivity contribution in [2.45, 2.75) is 6.92 Å². The number of rotatable bonds is 1. The van der Waals surface area contributed by atoms with Crippen molar-refractivity contribution in [2.75, 3.05) is 0 Å². The summed E-state index contributed by atoms with van der Waals surface area (Å²) in [5, 5.41) is 0. The van der Waals surface area contributed by atoms with E-state index in [0.717, 1.165) is 0 Å². The van der Waals surface area contributed by atoms with E-state index in [1.54, 1.807) is 0 Å². The molecule has 0 amide bonds. The number of H-pyrrole nitrogens is 1. The van der Waals surface area contributed by atoms with Crippen molar-refractivity contribution in [3.05, 3.63) is 60.4 Å². The molecular formula is C14H13N2+. The summed E-state index contributed by atoms with van der Waals surface area (Å²) in [4.78, 5) is 3.29. The van der Waals surface area contributed by atoms with Gasteiger partial charge in [-0.05, 0) is 36.8 Å². The van der Waals surface area contributed by atoms with E-state index in [2.05, 4.69) is 58.9 Å². The predicted octanol–water partition coefficient (Wildman–Crippen LogP) is 2.75. The SMILES string of the molecule is Cc1ccc2c(c1)[nH]c[n+]2-c1ccccc1. The number of aromatic nitrogens is 2. The second-order valence-electron chi connectivity index (χ2n) is 4.00.